The van der Waals surface area contributed by atoms with E-state index in [1.54, 1.807) is 18.3 Å². The van der Waals surface area contributed by atoms with Crippen LogP contribution in [0.3, 0.4) is 0 Å². The van der Waals surface area contributed by atoms with Crippen LogP contribution in [0.1, 0.15) is 41.9 Å². The molecule has 27 heavy (non-hydrogen) atoms. The summed E-state index contributed by atoms with van der Waals surface area (Å²) < 4.78 is 1.86. The summed E-state index contributed by atoms with van der Waals surface area (Å²) in [6.45, 7) is 6.53. The second-order valence-electron chi connectivity index (χ2n) is 6.75. The highest BCUT2D eigenvalue weighted by atomic mass is 16.2. The van der Waals surface area contributed by atoms with Gasteiger partial charge in [-0.2, -0.15) is 0 Å². The topological polar surface area (TPSA) is 64.0 Å². The third-order valence-corrected chi connectivity index (χ3v) is 4.80. The van der Waals surface area contributed by atoms with E-state index < -0.39 is 0 Å². The van der Waals surface area contributed by atoms with Crippen molar-refractivity contribution in [1.82, 2.24) is 14.9 Å². The Hall–Kier alpha value is -2.95. The molecule has 0 saturated heterocycles. The Balaban J connectivity index is 1.92. The van der Waals surface area contributed by atoms with Gasteiger partial charge in [0.15, 0.2) is 0 Å². The van der Waals surface area contributed by atoms with Crippen molar-refractivity contribution in [3.8, 4) is 0 Å². The van der Waals surface area contributed by atoms with Crippen molar-refractivity contribution < 1.29 is 4.79 Å². The number of aromatic nitrogens is 2. The number of hydrogen-bond donors (Lipinski definition) is 1. The summed E-state index contributed by atoms with van der Waals surface area (Å²) >= 11 is 0. The van der Waals surface area contributed by atoms with Crippen LogP contribution in [0, 0.1) is 6.92 Å². The molecule has 0 spiro atoms. The second kappa shape index (κ2) is 8.16. The average molecular weight is 363 g/mol. The summed E-state index contributed by atoms with van der Waals surface area (Å²) in [6, 6.07) is 13.6. The highest BCUT2D eigenvalue weighted by Gasteiger charge is 2.19. The minimum absolute atomic E-state index is 0.0267. The van der Waals surface area contributed by atoms with E-state index in [-0.39, 0.29) is 22.9 Å². The molecule has 1 N–H and O–H groups in total. The summed E-state index contributed by atoms with van der Waals surface area (Å²) in [7, 11) is 0. The number of carbonyl (C=O) groups excluding carboxylic acids is 1. The maximum absolute atomic E-state index is 12.9. The quantitative estimate of drug-likeness (QED) is 0.729. The number of fused-ring (bicyclic) bond motifs is 1. The van der Waals surface area contributed by atoms with Crippen molar-refractivity contribution in [3.05, 3.63) is 75.7 Å². The van der Waals surface area contributed by atoms with Crippen molar-refractivity contribution in [3.63, 3.8) is 0 Å². The van der Waals surface area contributed by atoms with Gasteiger partial charge in [0.25, 0.3) is 5.91 Å². The first kappa shape index (κ1) is 18.8. The van der Waals surface area contributed by atoms with E-state index >= 15 is 0 Å². The Morgan fingerprint density at radius 3 is 2.56 bits per heavy atom. The van der Waals surface area contributed by atoms with Gasteiger partial charge in [0.1, 0.15) is 11.2 Å². The van der Waals surface area contributed by atoms with E-state index in [1.165, 1.54) is 0 Å². The Bertz CT molecular complexity index is 1010. The lowest BCUT2D eigenvalue weighted by Gasteiger charge is -2.18. The SMILES string of the molecule is CCC(Cc1ccccc1)NC(=O)c1cn(CC)c2nc(C)ccc2c1=O. The number of benzene rings is 1. The van der Waals surface area contributed by atoms with Crippen molar-refractivity contribution in [1.29, 1.82) is 0 Å². The number of nitrogens with zero attached hydrogens (tertiary/aromatic N) is 2. The molecule has 0 aliphatic heterocycles. The number of hydrogen-bond acceptors (Lipinski definition) is 3. The molecular formula is C22H25N3O2. The first-order valence-electron chi connectivity index (χ1n) is 9.39. The molecule has 2 heterocycles. The Morgan fingerprint density at radius 2 is 1.89 bits per heavy atom. The fraction of sp³-hybridized carbons (Fsp3) is 0.318. The molecule has 3 aromatic rings. The van der Waals surface area contributed by atoms with E-state index in [0.717, 1.165) is 24.1 Å². The molecule has 0 fully saturated rings. The largest absolute Gasteiger partial charge is 0.349 e. The molecule has 1 atom stereocenters. The first-order chi connectivity index (χ1) is 13.0. The van der Waals surface area contributed by atoms with Crippen molar-refractivity contribution in [2.45, 2.75) is 46.2 Å². The number of rotatable bonds is 6. The molecule has 5 heteroatoms. The normalized spacial score (nSPS) is 12.1. The fourth-order valence-electron chi connectivity index (χ4n) is 3.22. The van der Waals surface area contributed by atoms with E-state index in [9.17, 15) is 9.59 Å². The zero-order valence-electron chi connectivity index (χ0n) is 16.0. The lowest BCUT2D eigenvalue weighted by molar-refractivity contribution is 0.0934. The van der Waals surface area contributed by atoms with Crippen molar-refractivity contribution in [2.24, 2.45) is 0 Å². The van der Waals surface area contributed by atoms with Crippen LogP contribution < -0.4 is 10.7 Å². The molecule has 1 amide bonds. The number of pyridine rings is 2. The summed E-state index contributed by atoms with van der Waals surface area (Å²) in [5.41, 5.74) is 2.52. The number of carbonyl (C=O) groups is 1. The highest BCUT2D eigenvalue weighted by Crippen LogP contribution is 2.12. The monoisotopic (exact) mass is 363 g/mol. The Kier molecular flexibility index (Phi) is 5.69. The Morgan fingerprint density at radius 1 is 1.15 bits per heavy atom. The number of aryl methyl sites for hydroxylation is 2. The van der Waals surface area contributed by atoms with Gasteiger partial charge < -0.3 is 9.88 Å². The first-order valence-corrected chi connectivity index (χ1v) is 9.39. The number of nitrogens with one attached hydrogen (secondary N) is 1. The smallest absolute Gasteiger partial charge is 0.257 e. The van der Waals surface area contributed by atoms with Gasteiger partial charge in [-0.15, -0.1) is 0 Å². The molecule has 2 aromatic heterocycles. The molecule has 0 aliphatic rings. The maximum Gasteiger partial charge on any atom is 0.257 e. The van der Waals surface area contributed by atoms with E-state index in [2.05, 4.69) is 10.3 Å². The van der Waals surface area contributed by atoms with Crippen molar-refractivity contribution in [2.75, 3.05) is 0 Å². The van der Waals surface area contributed by atoms with Crippen molar-refractivity contribution >= 4 is 16.9 Å². The average Bonchev–Trinajstić information content (AvgIpc) is 2.68. The van der Waals surface area contributed by atoms with E-state index in [1.807, 2.05) is 55.7 Å². The highest BCUT2D eigenvalue weighted by molar-refractivity contribution is 5.97. The van der Waals surface area contributed by atoms with Crippen LogP contribution in [-0.2, 0) is 13.0 Å². The van der Waals surface area contributed by atoms with Gasteiger partial charge in [-0.05, 0) is 44.4 Å². The molecule has 3 rings (SSSR count). The predicted molar refractivity (Wildman–Crippen MR) is 108 cm³/mol. The molecule has 1 aromatic carbocycles. The van der Waals surface area contributed by atoms with Crippen LogP contribution in [0.5, 0.6) is 0 Å². The number of amides is 1. The van der Waals surface area contributed by atoms with Gasteiger partial charge in [-0.3, -0.25) is 9.59 Å². The van der Waals surface area contributed by atoms with Crippen LogP contribution in [0.25, 0.3) is 11.0 Å². The van der Waals surface area contributed by atoms with E-state index in [0.29, 0.717) is 17.6 Å². The lowest BCUT2D eigenvalue weighted by Crippen LogP contribution is -2.38. The maximum atomic E-state index is 12.9. The van der Waals surface area contributed by atoms with Gasteiger partial charge in [-0.1, -0.05) is 37.3 Å². The van der Waals surface area contributed by atoms with Crippen LogP contribution in [0.15, 0.2) is 53.5 Å². The molecular weight excluding hydrogens is 338 g/mol. The molecule has 0 aliphatic carbocycles. The Labute approximate surface area is 159 Å². The zero-order chi connectivity index (χ0) is 19.4. The van der Waals surface area contributed by atoms with E-state index in [4.69, 9.17) is 0 Å². The third kappa shape index (κ3) is 4.08. The summed E-state index contributed by atoms with van der Waals surface area (Å²) in [5, 5.41) is 3.50. The molecule has 5 nitrogen and oxygen atoms in total. The predicted octanol–water partition coefficient (Wildman–Crippen LogP) is 3.48. The molecule has 140 valence electrons. The van der Waals surface area contributed by atoms with Crippen LogP contribution in [0.4, 0.5) is 0 Å². The van der Waals surface area contributed by atoms with Gasteiger partial charge in [0.05, 0.1) is 5.39 Å². The van der Waals surface area contributed by atoms with Gasteiger partial charge in [0, 0.05) is 24.5 Å². The summed E-state index contributed by atoms with van der Waals surface area (Å²) in [6.07, 6.45) is 3.15. The minimum Gasteiger partial charge on any atom is -0.349 e. The fourth-order valence-corrected chi connectivity index (χ4v) is 3.22. The molecule has 0 bridgehead atoms. The third-order valence-electron chi connectivity index (χ3n) is 4.80. The standard InChI is InChI=1S/C22H25N3O2/c1-4-17(13-16-9-7-6-8-10-16)24-22(27)19-14-25(5-2)21-18(20(19)26)12-11-15(3)23-21/h6-12,14,17H,4-5,13H2,1-3H3,(H,24,27). The molecule has 1 unspecified atom stereocenters. The second-order valence-corrected chi connectivity index (χ2v) is 6.75. The van der Waals surface area contributed by atoms with Crippen LogP contribution in [0.2, 0.25) is 0 Å². The zero-order valence-corrected chi connectivity index (χ0v) is 16.0. The summed E-state index contributed by atoms with van der Waals surface area (Å²) in [5.74, 6) is -0.326. The van der Waals surface area contributed by atoms with Gasteiger partial charge in [-0.25, -0.2) is 4.98 Å². The molecule has 0 saturated carbocycles. The van der Waals surface area contributed by atoms with Crippen LogP contribution >= 0.6 is 0 Å². The van der Waals surface area contributed by atoms with Gasteiger partial charge in [0.2, 0.25) is 5.43 Å². The van der Waals surface area contributed by atoms with Gasteiger partial charge >= 0.3 is 0 Å². The summed E-state index contributed by atoms with van der Waals surface area (Å²) in [4.78, 5) is 30.2. The minimum atomic E-state index is -0.326. The lowest BCUT2D eigenvalue weighted by atomic mass is 10.0. The van der Waals surface area contributed by atoms with Crippen LogP contribution in [-0.4, -0.2) is 21.5 Å². The molecule has 0 radical (unpaired) electrons.